The van der Waals surface area contributed by atoms with E-state index in [1.807, 2.05) is 11.9 Å². The van der Waals surface area contributed by atoms with E-state index in [1.165, 1.54) is 0 Å². The van der Waals surface area contributed by atoms with Gasteiger partial charge in [0.1, 0.15) is 5.69 Å². The lowest BCUT2D eigenvalue weighted by atomic mass is 10.1. The lowest BCUT2D eigenvalue weighted by Crippen LogP contribution is -2.39. The summed E-state index contributed by atoms with van der Waals surface area (Å²) in [5, 5.41) is 7.40. The predicted molar refractivity (Wildman–Crippen MR) is 59.0 cm³/mol. The van der Waals surface area contributed by atoms with Crippen LogP contribution in [0.4, 0.5) is 0 Å². The third kappa shape index (κ3) is 1.35. The Morgan fingerprint density at radius 3 is 3.19 bits per heavy atom. The average molecular weight is 220 g/mol. The summed E-state index contributed by atoms with van der Waals surface area (Å²) in [6.07, 6.45) is 2.80. The number of nitrogens with one attached hydrogen (secondary N) is 1. The Balaban J connectivity index is 1.83. The quantitative estimate of drug-likeness (QED) is 0.716. The molecule has 2 aliphatic heterocycles. The van der Waals surface area contributed by atoms with Crippen molar-refractivity contribution in [3.8, 4) is 0 Å². The summed E-state index contributed by atoms with van der Waals surface area (Å²) in [7, 11) is 1.81. The highest BCUT2D eigenvalue weighted by Crippen LogP contribution is 2.28. The number of carbonyl (C=O) groups excluding carboxylic acids is 1. The van der Waals surface area contributed by atoms with Gasteiger partial charge in [-0.15, -0.1) is 0 Å². The summed E-state index contributed by atoms with van der Waals surface area (Å²) < 4.78 is 1.65. The summed E-state index contributed by atoms with van der Waals surface area (Å²) >= 11 is 0. The third-order valence-electron chi connectivity index (χ3n) is 3.75. The fourth-order valence-corrected chi connectivity index (χ4v) is 2.83. The predicted octanol–water partition coefficient (Wildman–Crippen LogP) is -0.146. The maximum atomic E-state index is 12.3. The van der Waals surface area contributed by atoms with E-state index in [9.17, 15) is 4.79 Å². The summed E-state index contributed by atoms with van der Waals surface area (Å²) in [6, 6.07) is 2.18. The van der Waals surface area contributed by atoms with Gasteiger partial charge in [-0.05, 0) is 18.4 Å². The molecule has 0 saturated carbocycles. The smallest absolute Gasteiger partial charge is 0.272 e. The molecule has 3 rings (SSSR count). The van der Waals surface area contributed by atoms with Gasteiger partial charge < -0.3 is 10.2 Å². The molecule has 1 aromatic heterocycles. The molecule has 1 amide bonds. The molecule has 0 aliphatic carbocycles. The van der Waals surface area contributed by atoms with Crippen LogP contribution in [0.3, 0.4) is 0 Å². The monoisotopic (exact) mass is 220 g/mol. The van der Waals surface area contributed by atoms with Gasteiger partial charge in [0.05, 0.1) is 0 Å². The van der Waals surface area contributed by atoms with Crippen molar-refractivity contribution >= 4 is 5.91 Å². The second-order valence-electron chi connectivity index (χ2n) is 4.61. The minimum absolute atomic E-state index is 0.121. The molecule has 2 aliphatic rings. The maximum Gasteiger partial charge on any atom is 0.272 e. The number of nitrogens with zero attached hydrogens (tertiary/aromatic N) is 3. The number of carbonyl (C=O) groups is 1. The highest BCUT2D eigenvalue weighted by molar-refractivity contribution is 5.93. The molecular formula is C11H16N4O. The number of amides is 1. The number of fused-ring (bicyclic) bond motifs is 1. The summed E-state index contributed by atoms with van der Waals surface area (Å²) in [5.41, 5.74) is 0.688. The molecule has 0 spiro atoms. The minimum Gasteiger partial charge on any atom is -0.333 e. The van der Waals surface area contributed by atoms with E-state index in [1.54, 1.807) is 16.9 Å². The van der Waals surface area contributed by atoms with Crippen LogP contribution in [0.2, 0.25) is 0 Å². The van der Waals surface area contributed by atoms with Gasteiger partial charge in [-0.1, -0.05) is 0 Å². The van der Waals surface area contributed by atoms with Gasteiger partial charge >= 0.3 is 0 Å². The second kappa shape index (κ2) is 3.59. The molecule has 5 heteroatoms. The van der Waals surface area contributed by atoms with Crippen LogP contribution >= 0.6 is 0 Å². The molecule has 3 heterocycles. The van der Waals surface area contributed by atoms with Crippen LogP contribution < -0.4 is 5.32 Å². The van der Waals surface area contributed by atoms with Gasteiger partial charge in [0, 0.05) is 38.9 Å². The van der Waals surface area contributed by atoms with Crippen molar-refractivity contribution in [2.45, 2.75) is 12.5 Å². The lowest BCUT2D eigenvalue weighted by Gasteiger charge is -2.23. The van der Waals surface area contributed by atoms with E-state index >= 15 is 0 Å². The second-order valence-corrected chi connectivity index (χ2v) is 4.61. The van der Waals surface area contributed by atoms with Crippen molar-refractivity contribution < 1.29 is 4.79 Å². The molecule has 86 valence electrons. The number of aryl methyl sites for hydroxylation is 1. The van der Waals surface area contributed by atoms with Crippen molar-refractivity contribution in [1.82, 2.24) is 20.0 Å². The Kier molecular flexibility index (Phi) is 2.21. The zero-order chi connectivity index (χ0) is 11.1. The van der Waals surface area contributed by atoms with Crippen LogP contribution in [0.1, 0.15) is 16.9 Å². The van der Waals surface area contributed by atoms with Gasteiger partial charge in [-0.3, -0.25) is 9.48 Å². The Bertz CT molecular complexity index is 414. The van der Waals surface area contributed by atoms with E-state index in [4.69, 9.17) is 0 Å². The van der Waals surface area contributed by atoms with E-state index in [0.717, 1.165) is 26.1 Å². The van der Waals surface area contributed by atoms with E-state index < -0.39 is 0 Å². The van der Waals surface area contributed by atoms with Crippen LogP contribution in [0.15, 0.2) is 12.3 Å². The highest BCUT2D eigenvalue weighted by atomic mass is 16.2. The van der Waals surface area contributed by atoms with Gasteiger partial charge in [0.15, 0.2) is 0 Å². The van der Waals surface area contributed by atoms with Crippen molar-refractivity contribution in [3.63, 3.8) is 0 Å². The first-order valence-corrected chi connectivity index (χ1v) is 5.77. The highest BCUT2D eigenvalue weighted by Gasteiger charge is 2.40. The Hall–Kier alpha value is -1.36. The van der Waals surface area contributed by atoms with Gasteiger partial charge in [-0.25, -0.2) is 0 Å². The first kappa shape index (κ1) is 9.84. The average Bonchev–Trinajstić information content (AvgIpc) is 2.90. The molecule has 0 bridgehead atoms. The number of hydrogen-bond acceptors (Lipinski definition) is 3. The lowest BCUT2D eigenvalue weighted by molar-refractivity contribution is 0.0726. The van der Waals surface area contributed by atoms with Gasteiger partial charge in [-0.2, -0.15) is 5.10 Å². The summed E-state index contributed by atoms with van der Waals surface area (Å²) in [6.45, 7) is 2.88. The molecule has 1 N–H and O–H groups in total. The number of aromatic nitrogens is 2. The van der Waals surface area contributed by atoms with Crippen LogP contribution in [0.5, 0.6) is 0 Å². The molecule has 16 heavy (non-hydrogen) atoms. The largest absolute Gasteiger partial charge is 0.333 e. The SMILES string of the molecule is Cn1nccc1C(=O)N1CC[C@H]2CNC[C@H]21. The van der Waals surface area contributed by atoms with E-state index in [0.29, 0.717) is 17.7 Å². The maximum absolute atomic E-state index is 12.3. The Morgan fingerprint density at radius 2 is 2.44 bits per heavy atom. The third-order valence-corrected chi connectivity index (χ3v) is 3.75. The first-order valence-electron chi connectivity index (χ1n) is 5.77. The summed E-state index contributed by atoms with van der Waals surface area (Å²) in [4.78, 5) is 14.3. The van der Waals surface area contributed by atoms with Gasteiger partial charge in [0.25, 0.3) is 5.91 Å². The Labute approximate surface area is 94.4 Å². The van der Waals surface area contributed by atoms with E-state index in [2.05, 4.69) is 10.4 Å². The summed E-state index contributed by atoms with van der Waals surface area (Å²) in [5.74, 6) is 0.772. The Morgan fingerprint density at radius 1 is 1.56 bits per heavy atom. The fourth-order valence-electron chi connectivity index (χ4n) is 2.83. The minimum atomic E-state index is 0.121. The molecule has 0 unspecified atom stereocenters. The van der Waals surface area contributed by atoms with Gasteiger partial charge in [0.2, 0.25) is 0 Å². The standard InChI is InChI=1S/C11H16N4O/c1-14-9(2-4-13-14)11(16)15-5-3-8-6-12-7-10(8)15/h2,4,8,10,12H,3,5-7H2,1H3/t8-,10+/m0/s1. The van der Waals surface area contributed by atoms with Crippen molar-refractivity contribution in [3.05, 3.63) is 18.0 Å². The molecular weight excluding hydrogens is 204 g/mol. The fraction of sp³-hybridized carbons (Fsp3) is 0.636. The van der Waals surface area contributed by atoms with Crippen LogP contribution in [0.25, 0.3) is 0 Å². The molecule has 1 aromatic rings. The van der Waals surface area contributed by atoms with Crippen LogP contribution in [-0.2, 0) is 7.05 Å². The van der Waals surface area contributed by atoms with Crippen molar-refractivity contribution in [2.75, 3.05) is 19.6 Å². The number of rotatable bonds is 1. The normalized spacial score (nSPS) is 28.4. The first-order chi connectivity index (χ1) is 7.77. The molecule has 0 radical (unpaired) electrons. The molecule has 2 atom stereocenters. The van der Waals surface area contributed by atoms with E-state index in [-0.39, 0.29) is 5.91 Å². The van der Waals surface area contributed by atoms with Crippen molar-refractivity contribution in [1.29, 1.82) is 0 Å². The molecule has 2 saturated heterocycles. The van der Waals surface area contributed by atoms with Crippen LogP contribution in [-0.4, -0.2) is 46.3 Å². The van der Waals surface area contributed by atoms with Crippen LogP contribution in [0, 0.1) is 5.92 Å². The topological polar surface area (TPSA) is 50.2 Å². The molecule has 5 nitrogen and oxygen atoms in total. The number of likely N-dealkylation sites (tertiary alicyclic amines) is 1. The number of hydrogen-bond donors (Lipinski definition) is 1. The molecule has 0 aromatic carbocycles. The zero-order valence-electron chi connectivity index (χ0n) is 9.39. The van der Waals surface area contributed by atoms with Crippen molar-refractivity contribution in [2.24, 2.45) is 13.0 Å². The zero-order valence-corrected chi connectivity index (χ0v) is 9.39. The molecule has 2 fully saturated rings.